The smallest absolute Gasteiger partial charge is 0.211 e. The van der Waals surface area contributed by atoms with Crippen molar-refractivity contribution in [1.82, 2.24) is 29.0 Å². The summed E-state index contributed by atoms with van der Waals surface area (Å²) in [5.41, 5.74) is -0.265. The second-order valence-electron chi connectivity index (χ2n) is 7.75. The molecule has 4 heterocycles. The van der Waals surface area contributed by atoms with E-state index in [-0.39, 0.29) is 6.54 Å². The zero-order chi connectivity index (χ0) is 19.4. The fourth-order valence-corrected chi connectivity index (χ4v) is 4.70. The summed E-state index contributed by atoms with van der Waals surface area (Å²) in [4.78, 5) is 4.28. The highest BCUT2D eigenvalue weighted by Crippen LogP contribution is 2.27. The lowest BCUT2D eigenvalue weighted by atomic mass is 10.00. The molecule has 0 amide bonds. The van der Waals surface area contributed by atoms with Crippen molar-refractivity contribution in [2.45, 2.75) is 25.0 Å². The molecule has 2 aromatic heterocycles. The van der Waals surface area contributed by atoms with E-state index in [9.17, 15) is 13.5 Å². The molecule has 2 aromatic rings. The van der Waals surface area contributed by atoms with Crippen molar-refractivity contribution in [3.05, 3.63) is 18.0 Å². The summed E-state index contributed by atoms with van der Waals surface area (Å²) in [7, 11) is -1.28. The van der Waals surface area contributed by atoms with Crippen molar-refractivity contribution in [3.63, 3.8) is 0 Å². The summed E-state index contributed by atoms with van der Waals surface area (Å²) in [6.45, 7) is 4.48. The molecule has 2 fully saturated rings. The third-order valence-electron chi connectivity index (χ3n) is 5.52. The Balaban J connectivity index is 1.35. The third-order valence-corrected chi connectivity index (χ3v) is 6.77. The van der Waals surface area contributed by atoms with Gasteiger partial charge in [0.1, 0.15) is 5.82 Å². The molecule has 0 aromatic carbocycles. The van der Waals surface area contributed by atoms with E-state index < -0.39 is 15.6 Å². The number of aliphatic hydroxyl groups is 1. The Labute approximate surface area is 158 Å². The number of fused-ring (bicyclic) bond motifs is 1. The summed E-state index contributed by atoms with van der Waals surface area (Å²) >= 11 is 0. The molecule has 0 bridgehead atoms. The number of sulfonamides is 1. The van der Waals surface area contributed by atoms with Gasteiger partial charge in [0.2, 0.25) is 10.0 Å². The number of likely N-dealkylation sites (N-methyl/N-ethyl adjacent to an activating group) is 1. The van der Waals surface area contributed by atoms with E-state index >= 15 is 0 Å². The predicted octanol–water partition coefficient (Wildman–Crippen LogP) is -1.05. The van der Waals surface area contributed by atoms with Gasteiger partial charge in [0.25, 0.3) is 0 Å². The molecule has 2 aliphatic rings. The van der Waals surface area contributed by atoms with Crippen LogP contribution < -0.4 is 4.90 Å². The second-order valence-corrected chi connectivity index (χ2v) is 9.74. The normalized spacial score (nSPS) is 24.9. The lowest BCUT2D eigenvalue weighted by molar-refractivity contribution is 0.00864. The molecule has 0 aliphatic carbocycles. The first-order valence-electron chi connectivity index (χ1n) is 8.96. The Kier molecular flexibility index (Phi) is 4.37. The van der Waals surface area contributed by atoms with Gasteiger partial charge in [-0.1, -0.05) is 0 Å². The predicted molar refractivity (Wildman–Crippen MR) is 100 cm³/mol. The third kappa shape index (κ3) is 3.51. The summed E-state index contributed by atoms with van der Waals surface area (Å²) in [6, 6.07) is 4.13. The van der Waals surface area contributed by atoms with E-state index in [4.69, 9.17) is 0 Å². The van der Waals surface area contributed by atoms with Gasteiger partial charge in [0.05, 0.1) is 11.9 Å². The molecule has 11 heteroatoms. The zero-order valence-electron chi connectivity index (χ0n) is 15.8. The zero-order valence-corrected chi connectivity index (χ0v) is 16.6. The van der Waals surface area contributed by atoms with Crippen molar-refractivity contribution in [1.29, 1.82) is 0 Å². The summed E-state index contributed by atoms with van der Waals surface area (Å²) in [6.07, 6.45) is 1.65. The van der Waals surface area contributed by atoms with Crippen LogP contribution in [0, 0.1) is 6.92 Å². The fourth-order valence-electron chi connectivity index (χ4n) is 3.80. The molecule has 10 nitrogen and oxygen atoms in total. The van der Waals surface area contributed by atoms with E-state index in [1.54, 1.807) is 4.52 Å². The lowest BCUT2D eigenvalue weighted by Crippen LogP contribution is -2.61. The minimum absolute atomic E-state index is 0.164. The van der Waals surface area contributed by atoms with Crippen LogP contribution in [0.5, 0.6) is 0 Å². The molecule has 27 heavy (non-hydrogen) atoms. The average Bonchev–Trinajstić information content (AvgIpc) is 3.09. The van der Waals surface area contributed by atoms with Gasteiger partial charge >= 0.3 is 0 Å². The highest BCUT2D eigenvalue weighted by atomic mass is 32.2. The number of aromatic nitrogens is 4. The molecular weight excluding hydrogens is 370 g/mol. The van der Waals surface area contributed by atoms with Crippen LogP contribution >= 0.6 is 0 Å². The Morgan fingerprint density at radius 2 is 2.07 bits per heavy atom. The topological polar surface area (TPSA) is 107 Å². The molecule has 1 atom stereocenters. The van der Waals surface area contributed by atoms with E-state index in [2.05, 4.69) is 25.1 Å². The van der Waals surface area contributed by atoms with Crippen LogP contribution in [0.3, 0.4) is 0 Å². The monoisotopic (exact) mass is 395 g/mol. The quantitative estimate of drug-likeness (QED) is 0.683. The molecule has 1 unspecified atom stereocenters. The average molecular weight is 395 g/mol. The van der Waals surface area contributed by atoms with Crippen LogP contribution in [0.25, 0.3) is 5.65 Å². The number of anilines is 1. The Morgan fingerprint density at radius 1 is 1.33 bits per heavy atom. The maximum absolute atomic E-state index is 11.7. The molecule has 1 N–H and O–H groups in total. The molecule has 148 valence electrons. The van der Waals surface area contributed by atoms with Crippen molar-refractivity contribution in [2.24, 2.45) is 0 Å². The maximum Gasteiger partial charge on any atom is 0.211 e. The van der Waals surface area contributed by atoms with Crippen LogP contribution in [0.15, 0.2) is 12.1 Å². The number of aryl methyl sites for hydroxylation is 1. The van der Waals surface area contributed by atoms with Gasteiger partial charge in [-0.2, -0.15) is 8.82 Å². The van der Waals surface area contributed by atoms with Crippen molar-refractivity contribution in [2.75, 3.05) is 50.9 Å². The molecule has 4 rings (SSSR count). The van der Waals surface area contributed by atoms with E-state index in [0.717, 1.165) is 30.4 Å². The van der Waals surface area contributed by atoms with E-state index in [1.807, 2.05) is 26.1 Å². The summed E-state index contributed by atoms with van der Waals surface area (Å²) < 4.78 is 26.5. The molecule has 0 spiro atoms. The Bertz CT molecular complexity index is 956. The standard InChI is InChI=1S/C16H25N7O3S/c1-12-17-18-14-4-5-15(19-23(12)14)21-8-13(9-21)20(2)10-16(24)6-7-22(11-16)27(3,25)26/h4-5,13,24H,6-11H2,1-3H3. The Hall–Kier alpha value is -1.82. The SMILES string of the molecule is Cc1nnc2ccc(N3CC(N(C)CC4(O)CCN(S(C)(=O)=O)C4)C3)nn12. The van der Waals surface area contributed by atoms with Gasteiger partial charge in [-0.25, -0.2) is 8.42 Å². The Morgan fingerprint density at radius 3 is 2.74 bits per heavy atom. The van der Waals surface area contributed by atoms with Gasteiger partial charge in [-0.05, 0) is 32.5 Å². The first-order chi connectivity index (χ1) is 12.6. The van der Waals surface area contributed by atoms with Crippen molar-refractivity contribution in [3.8, 4) is 0 Å². The first kappa shape index (κ1) is 18.5. The van der Waals surface area contributed by atoms with Crippen LogP contribution in [0.1, 0.15) is 12.2 Å². The fraction of sp³-hybridized carbons (Fsp3) is 0.688. The van der Waals surface area contributed by atoms with Gasteiger partial charge in [0, 0.05) is 38.8 Å². The van der Waals surface area contributed by atoms with Crippen molar-refractivity contribution >= 4 is 21.5 Å². The number of hydrogen-bond donors (Lipinski definition) is 1. The van der Waals surface area contributed by atoms with Gasteiger partial charge in [-0.15, -0.1) is 15.3 Å². The van der Waals surface area contributed by atoms with Gasteiger partial charge < -0.3 is 10.0 Å². The second kappa shape index (κ2) is 6.36. The van der Waals surface area contributed by atoms with Gasteiger partial charge in [0.15, 0.2) is 11.5 Å². The molecule has 2 aliphatic heterocycles. The van der Waals surface area contributed by atoms with Gasteiger partial charge in [-0.3, -0.25) is 4.90 Å². The maximum atomic E-state index is 11.7. The minimum Gasteiger partial charge on any atom is -0.387 e. The van der Waals surface area contributed by atoms with E-state index in [0.29, 0.717) is 25.6 Å². The van der Waals surface area contributed by atoms with Crippen LogP contribution in [0.4, 0.5) is 5.82 Å². The molecule has 0 radical (unpaired) electrons. The minimum atomic E-state index is -3.26. The molecule has 0 saturated carbocycles. The summed E-state index contributed by atoms with van der Waals surface area (Å²) in [5, 5.41) is 23.4. The van der Waals surface area contributed by atoms with Crippen LogP contribution in [-0.4, -0.2) is 100 Å². The van der Waals surface area contributed by atoms with Crippen molar-refractivity contribution < 1.29 is 13.5 Å². The molecular formula is C16H25N7O3S. The number of rotatable bonds is 5. The lowest BCUT2D eigenvalue weighted by Gasteiger charge is -2.46. The largest absolute Gasteiger partial charge is 0.387 e. The number of nitrogens with zero attached hydrogens (tertiary/aromatic N) is 7. The number of hydrogen-bond acceptors (Lipinski definition) is 8. The molecule has 2 saturated heterocycles. The van der Waals surface area contributed by atoms with E-state index in [1.165, 1.54) is 10.6 Å². The van der Waals surface area contributed by atoms with Crippen LogP contribution in [0.2, 0.25) is 0 Å². The highest BCUT2D eigenvalue weighted by molar-refractivity contribution is 7.88. The summed E-state index contributed by atoms with van der Waals surface area (Å²) in [5.74, 6) is 1.62. The first-order valence-corrected chi connectivity index (χ1v) is 10.8. The number of β-amino-alcohol motifs (C(OH)–C–C–N with tert-alkyl or cyclic N) is 1. The van der Waals surface area contributed by atoms with Crippen LogP contribution in [-0.2, 0) is 10.0 Å². The highest BCUT2D eigenvalue weighted by Gasteiger charge is 2.42.